The van der Waals surface area contributed by atoms with E-state index in [1.807, 2.05) is 35.3 Å². The van der Waals surface area contributed by atoms with E-state index >= 15 is 0 Å². The summed E-state index contributed by atoms with van der Waals surface area (Å²) in [5.74, 6) is 5.31. The molecule has 2 aliphatic rings. The molecule has 0 atom stereocenters. The highest BCUT2D eigenvalue weighted by molar-refractivity contribution is 8.42. The predicted molar refractivity (Wildman–Crippen MR) is 130 cm³/mol. The van der Waals surface area contributed by atoms with Crippen LogP contribution in [0, 0.1) is 12.3 Å². The van der Waals surface area contributed by atoms with Gasteiger partial charge in [0.15, 0.2) is 0 Å². The maximum Gasteiger partial charge on any atom is 0.0720 e. The number of allylic oxidation sites excluding steroid dienone is 2. The molecule has 0 aliphatic carbocycles. The van der Waals surface area contributed by atoms with Crippen LogP contribution in [0.5, 0.6) is 0 Å². The van der Waals surface area contributed by atoms with Crippen molar-refractivity contribution in [2.75, 3.05) is 11.5 Å². The summed E-state index contributed by atoms with van der Waals surface area (Å²) in [5, 5.41) is 0. The Kier molecular flexibility index (Phi) is 11.0. The molecule has 0 spiro atoms. The molecule has 2 aliphatic heterocycles. The Balaban J connectivity index is 1.98. The van der Waals surface area contributed by atoms with E-state index in [4.69, 9.17) is 6.42 Å². The molecule has 6 heteroatoms. The Bertz CT molecular complexity index is 568. The van der Waals surface area contributed by atoms with Gasteiger partial charge in [0.2, 0.25) is 0 Å². The minimum absolute atomic E-state index is 1.09. The average Bonchev–Trinajstić information content (AvgIpc) is 3.19. The van der Waals surface area contributed by atoms with Gasteiger partial charge >= 0.3 is 0 Å². The van der Waals surface area contributed by atoms with Crippen molar-refractivity contribution in [1.82, 2.24) is 0 Å². The first kappa shape index (κ1) is 22.2. The molecule has 0 aromatic heterocycles. The Morgan fingerprint density at radius 1 is 0.800 bits per heavy atom. The Labute approximate surface area is 179 Å². The highest BCUT2D eigenvalue weighted by Crippen LogP contribution is 2.63. The predicted octanol–water partition coefficient (Wildman–Crippen LogP) is 8.91. The van der Waals surface area contributed by atoms with Gasteiger partial charge in [-0.2, -0.15) is 0 Å². The van der Waals surface area contributed by atoms with E-state index in [-0.39, 0.29) is 0 Å². The van der Waals surface area contributed by atoms with Crippen molar-refractivity contribution in [3.05, 3.63) is 26.8 Å². The molecule has 138 valence electrons. The molecule has 0 aromatic carbocycles. The van der Waals surface area contributed by atoms with Gasteiger partial charge in [-0.3, -0.25) is 0 Å². The van der Waals surface area contributed by atoms with Crippen molar-refractivity contribution in [1.29, 1.82) is 0 Å². The van der Waals surface area contributed by atoms with Gasteiger partial charge in [0.1, 0.15) is 0 Å². The first-order chi connectivity index (χ1) is 12.2. The van der Waals surface area contributed by atoms with Crippen LogP contribution in [0.3, 0.4) is 0 Å². The Morgan fingerprint density at radius 2 is 1.32 bits per heavy atom. The van der Waals surface area contributed by atoms with Crippen LogP contribution in [-0.2, 0) is 0 Å². The first-order valence-corrected chi connectivity index (χ1v) is 14.1. The number of thioether (sulfide) groups is 6. The maximum atomic E-state index is 5.63. The second-order valence-electron chi connectivity index (χ2n) is 5.70. The first-order valence-electron chi connectivity index (χ1n) is 8.82. The average molecular weight is 447 g/mol. The highest BCUT2D eigenvalue weighted by atomic mass is 32.3. The van der Waals surface area contributed by atoms with Crippen molar-refractivity contribution < 1.29 is 0 Å². The van der Waals surface area contributed by atoms with E-state index in [9.17, 15) is 0 Å². The quantitative estimate of drug-likeness (QED) is 0.241. The number of rotatable bonds is 10. The summed E-state index contributed by atoms with van der Waals surface area (Å²) in [5.41, 5.74) is 0. The summed E-state index contributed by atoms with van der Waals surface area (Å²) in [6, 6.07) is 0. The molecular formula is C19H26S6. The Hall–Kier alpha value is 0.880. The van der Waals surface area contributed by atoms with E-state index < -0.39 is 0 Å². The lowest BCUT2D eigenvalue weighted by molar-refractivity contribution is 0.779. The molecule has 2 rings (SSSR count). The fraction of sp³-hybridized carbons (Fsp3) is 0.579. The molecule has 0 saturated heterocycles. The number of hydrogen-bond acceptors (Lipinski definition) is 6. The summed E-state index contributed by atoms with van der Waals surface area (Å²) in [4.78, 5) is 2.37. The largest absolute Gasteiger partial charge is 0.117 e. The molecule has 0 N–H and O–H groups in total. The topological polar surface area (TPSA) is 0 Å². The molecule has 25 heavy (non-hydrogen) atoms. The smallest absolute Gasteiger partial charge is 0.0720 e. The van der Waals surface area contributed by atoms with Crippen molar-refractivity contribution in [2.45, 2.75) is 59.3 Å². The third-order valence-electron chi connectivity index (χ3n) is 3.56. The summed E-state index contributed by atoms with van der Waals surface area (Å²) < 4.78 is 5.88. The molecule has 0 radical (unpaired) electrons. The molecule has 0 unspecified atom stereocenters. The SMILES string of the molecule is C#CC1=C(C)SC(=C2SC(SCCCCC)=C(SCCCCC)S2)S1. The van der Waals surface area contributed by atoms with Crippen molar-refractivity contribution in [3.63, 3.8) is 0 Å². The monoisotopic (exact) mass is 446 g/mol. The van der Waals surface area contributed by atoms with Crippen LogP contribution >= 0.6 is 70.6 Å². The van der Waals surface area contributed by atoms with Crippen LogP contribution < -0.4 is 0 Å². The van der Waals surface area contributed by atoms with E-state index in [1.165, 1.54) is 71.9 Å². The molecule has 0 fully saturated rings. The van der Waals surface area contributed by atoms with E-state index in [0.717, 1.165) is 4.91 Å². The van der Waals surface area contributed by atoms with Crippen LogP contribution in [-0.4, -0.2) is 11.5 Å². The molecule has 0 saturated carbocycles. The van der Waals surface area contributed by atoms with E-state index in [0.29, 0.717) is 0 Å². The number of terminal acetylenes is 1. The lowest BCUT2D eigenvalue weighted by Crippen LogP contribution is -1.82. The number of unbranched alkanes of at least 4 members (excludes halogenated alkanes) is 4. The van der Waals surface area contributed by atoms with Gasteiger partial charge < -0.3 is 0 Å². The zero-order valence-corrected chi connectivity index (χ0v) is 20.1. The van der Waals surface area contributed by atoms with Crippen molar-refractivity contribution in [2.24, 2.45) is 0 Å². The van der Waals surface area contributed by atoms with Gasteiger partial charge in [0.05, 0.1) is 21.9 Å². The lowest BCUT2D eigenvalue weighted by Gasteiger charge is -2.04. The van der Waals surface area contributed by atoms with Crippen LogP contribution in [0.2, 0.25) is 0 Å². The molecule has 0 nitrogen and oxygen atoms in total. The molecular weight excluding hydrogens is 421 g/mol. The van der Waals surface area contributed by atoms with Gasteiger partial charge in [0.25, 0.3) is 0 Å². The minimum Gasteiger partial charge on any atom is -0.117 e. The van der Waals surface area contributed by atoms with E-state index in [1.54, 1.807) is 11.8 Å². The van der Waals surface area contributed by atoms with Gasteiger partial charge in [-0.15, -0.1) is 29.9 Å². The van der Waals surface area contributed by atoms with Gasteiger partial charge in [0, 0.05) is 4.91 Å². The molecule has 0 aromatic rings. The van der Waals surface area contributed by atoms with Crippen LogP contribution in [0.1, 0.15) is 59.3 Å². The van der Waals surface area contributed by atoms with E-state index in [2.05, 4.69) is 50.2 Å². The third kappa shape index (κ3) is 7.08. The normalized spacial score (nSPS) is 17.8. The highest BCUT2D eigenvalue weighted by Gasteiger charge is 2.28. The zero-order chi connectivity index (χ0) is 18.1. The summed E-state index contributed by atoms with van der Waals surface area (Å²) in [7, 11) is 0. The summed E-state index contributed by atoms with van der Waals surface area (Å²) in [6.07, 6.45) is 13.5. The summed E-state index contributed by atoms with van der Waals surface area (Å²) in [6.45, 7) is 6.68. The lowest BCUT2D eigenvalue weighted by atomic mass is 10.3. The second-order valence-corrected chi connectivity index (χ2v) is 13.2. The minimum atomic E-state index is 1.09. The fourth-order valence-electron chi connectivity index (χ4n) is 2.15. The maximum absolute atomic E-state index is 5.63. The van der Waals surface area contributed by atoms with Gasteiger partial charge in [-0.05, 0) is 31.3 Å². The summed E-state index contributed by atoms with van der Waals surface area (Å²) >= 11 is 11.7. The third-order valence-corrected chi connectivity index (χ3v) is 12.3. The Morgan fingerprint density at radius 3 is 1.76 bits per heavy atom. The van der Waals surface area contributed by atoms with Crippen molar-refractivity contribution in [3.8, 4) is 12.3 Å². The van der Waals surface area contributed by atoms with Gasteiger partial charge in [-0.25, -0.2) is 0 Å². The zero-order valence-electron chi connectivity index (χ0n) is 15.2. The van der Waals surface area contributed by atoms with Crippen molar-refractivity contribution >= 4 is 70.6 Å². The fourth-order valence-corrected chi connectivity index (χ4v) is 10.8. The molecule has 2 heterocycles. The van der Waals surface area contributed by atoms with Crippen LogP contribution in [0.25, 0.3) is 0 Å². The molecule has 0 amide bonds. The van der Waals surface area contributed by atoms with Crippen LogP contribution in [0.4, 0.5) is 0 Å². The molecule has 0 bridgehead atoms. The van der Waals surface area contributed by atoms with Crippen LogP contribution in [0.15, 0.2) is 26.8 Å². The second kappa shape index (κ2) is 12.4. The number of hydrogen-bond donors (Lipinski definition) is 0. The van der Waals surface area contributed by atoms with Gasteiger partial charge in [-0.1, -0.05) is 92.5 Å². The standard InChI is InChI=1S/C19H26S6/c1-5-8-10-12-20-16-17(21-13-11-9-6-2)25-19(24-16)18-22-14(4)15(7-3)23-18/h3H,5-6,8-13H2,1-2,4H3.